The van der Waals surface area contributed by atoms with Crippen molar-refractivity contribution >= 4 is 0 Å². The van der Waals surface area contributed by atoms with Gasteiger partial charge < -0.3 is 9.88 Å². The van der Waals surface area contributed by atoms with E-state index >= 15 is 0 Å². The van der Waals surface area contributed by atoms with Crippen LogP contribution in [0.25, 0.3) is 0 Å². The van der Waals surface area contributed by atoms with Crippen LogP contribution in [0.3, 0.4) is 0 Å². The Morgan fingerprint density at radius 3 is 2.78 bits per heavy atom. The van der Waals surface area contributed by atoms with E-state index < -0.39 is 0 Å². The molecule has 1 aromatic carbocycles. The van der Waals surface area contributed by atoms with Crippen molar-refractivity contribution in [1.82, 2.24) is 9.88 Å². The summed E-state index contributed by atoms with van der Waals surface area (Å²) in [6.07, 6.45) is 2.16. The molecule has 1 heterocycles. The minimum atomic E-state index is 0.939. The molecule has 0 bridgehead atoms. The van der Waals surface area contributed by atoms with E-state index in [9.17, 15) is 0 Å². The molecule has 0 radical (unpaired) electrons. The topological polar surface area (TPSA) is 17.0 Å². The van der Waals surface area contributed by atoms with Crippen LogP contribution in [0.4, 0.5) is 0 Å². The molecule has 1 aromatic heterocycles. The molecule has 0 unspecified atom stereocenters. The summed E-state index contributed by atoms with van der Waals surface area (Å²) in [6.45, 7) is 9.38. The average Bonchev–Trinajstić information content (AvgIpc) is 2.79. The molecule has 0 amide bonds. The van der Waals surface area contributed by atoms with Gasteiger partial charge in [-0.15, -0.1) is 0 Å². The number of benzene rings is 1. The van der Waals surface area contributed by atoms with E-state index in [2.05, 4.69) is 67.2 Å². The van der Waals surface area contributed by atoms with Crippen LogP contribution in [0, 0.1) is 13.8 Å². The first-order chi connectivity index (χ1) is 8.70. The van der Waals surface area contributed by atoms with Gasteiger partial charge in [0.1, 0.15) is 0 Å². The number of aromatic nitrogens is 1. The predicted molar refractivity (Wildman–Crippen MR) is 76.8 cm³/mol. The monoisotopic (exact) mass is 242 g/mol. The Hall–Kier alpha value is -1.54. The molecule has 2 rings (SSSR count). The minimum absolute atomic E-state index is 0.939. The van der Waals surface area contributed by atoms with Gasteiger partial charge in [-0.2, -0.15) is 0 Å². The molecule has 0 saturated heterocycles. The maximum Gasteiger partial charge on any atom is 0.0476 e. The lowest BCUT2D eigenvalue weighted by Gasteiger charge is -2.12. The van der Waals surface area contributed by atoms with E-state index in [4.69, 9.17) is 0 Å². The Morgan fingerprint density at radius 1 is 1.17 bits per heavy atom. The minimum Gasteiger partial charge on any atom is -0.346 e. The first-order valence-corrected chi connectivity index (χ1v) is 6.61. The lowest BCUT2D eigenvalue weighted by molar-refractivity contribution is 0.656. The fourth-order valence-electron chi connectivity index (χ4n) is 2.17. The number of nitrogens with one attached hydrogen (secondary N) is 1. The third-order valence-electron chi connectivity index (χ3n) is 3.32. The highest BCUT2D eigenvalue weighted by molar-refractivity contribution is 5.31. The van der Waals surface area contributed by atoms with Crippen LogP contribution in [0.2, 0.25) is 0 Å². The van der Waals surface area contributed by atoms with Gasteiger partial charge in [0.2, 0.25) is 0 Å². The molecule has 2 aromatic rings. The maximum absolute atomic E-state index is 3.38. The average molecular weight is 242 g/mol. The zero-order valence-corrected chi connectivity index (χ0v) is 11.5. The quantitative estimate of drug-likeness (QED) is 0.851. The molecule has 0 aliphatic carbocycles. The molecular formula is C16H22N2. The molecular weight excluding hydrogens is 220 g/mol. The second kappa shape index (κ2) is 5.87. The van der Waals surface area contributed by atoms with E-state index in [0.717, 1.165) is 19.6 Å². The summed E-state index contributed by atoms with van der Waals surface area (Å²) in [7, 11) is 0. The second-order valence-electron chi connectivity index (χ2n) is 4.84. The predicted octanol–water partition coefficient (Wildman–Crippen LogP) is 3.26. The van der Waals surface area contributed by atoms with Gasteiger partial charge in [-0.1, -0.05) is 30.7 Å². The molecule has 0 fully saturated rings. The summed E-state index contributed by atoms with van der Waals surface area (Å²) in [5.74, 6) is 0. The number of rotatable bonds is 5. The first-order valence-electron chi connectivity index (χ1n) is 6.61. The Morgan fingerprint density at radius 2 is 2.00 bits per heavy atom. The fourth-order valence-corrected chi connectivity index (χ4v) is 2.17. The van der Waals surface area contributed by atoms with Crippen LogP contribution in [-0.4, -0.2) is 11.1 Å². The maximum atomic E-state index is 3.38. The van der Waals surface area contributed by atoms with Crippen LogP contribution in [-0.2, 0) is 13.1 Å². The highest BCUT2D eigenvalue weighted by Gasteiger charge is 2.03. The van der Waals surface area contributed by atoms with Crippen LogP contribution < -0.4 is 5.32 Å². The van der Waals surface area contributed by atoms with Crippen molar-refractivity contribution in [3.63, 3.8) is 0 Å². The Bertz CT molecular complexity index is 512. The van der Waals surface area contributed by atoms with E-state index in [1.807, 2.05) is 0 Å². The van der Waals surface area contributed by atoms with Crippen LogP contribution in [0.1, 0.15) is 29.3 Å². The largest absolute Gasteiger partial charge is 0.346 e. The van der Waals surface area contributed by atoms with Gasteiger partial charge in [0, 0.05) is 25.0 Å². The van der Waals surface area contributed by atoms with Crippen molar-refractivity contribution in [3.05, 3.63) is 58.9 Å². The lowest BCUT2D eigenvalue weighted by atomic mass is 10.1. The summed E-state index contributed by atoms with van der Waals surface area (Å²) in [4.78, 5) is 0. The summed E-state index contributed by atoms with van der Waals surface area (Å²) < 4.78 is 2.32. The Balaban J connectivity index is 2.18. The molecule has 2 heteroatoms. The van der Waals surface area contributed by atoms with Crippen molar-refractivity contribution in [2.24, 2.45) is 0 Å². The number of hydrogen-bond donors (Lipinski definition) is 1. The molecule has 0 aliphatic rings. The van der Waals surface area contributed by atoms with Crippen LogP contribution in [0.5, 0.6) is 0 Å². The summed E-state index contributed by atoms with van der Waals surface area (Å²) in [5, 5.41) is 3.38. The van der Waals surface area contributed by atoms with Gasteiger partial charge in [-0.3, -0.25) is 0 Å². The fraction of sp³-hybridized carbons (Fsp3) is 0.375. The van der Waals surface area contributed by atoms with Gasteiger partial charge >= 0.3 is 0 Å². The number of hydrogen-bond acceptors (Lipinski definition) is 1. The molecule has 0 saturated carbocycles. The van der Waals surface area contributed by atoms with E-state index in [-0.39, 0.29) is 0 Å². The lowest BCUT2D eigenvalue weighted by Crippen LogP contribution is -2.15. The van der Waals surface area contributed by atoms with Crippen LogP contribution >= 0.6 is 0 Å². The normalized spacial score (nSPS) is 10.8. The Labute approximate surface area is 110 Å². The van der Waals surface area contributed by atoms with Gasteiger partial charge in [-0.05, 0) is 43.7 Å². The highest BCUT2D eigenvalue weighted by Crippen LogP contribution is 2.14. The summed E-state index contributed by atoms with van der Waals surface area (Å²) >= 11 is 0. The van der Waals surface area contributed by atoms with E-state index in [1.54, 1.807) is 0 Å². The molecule has 18 heavy (non-hydrogen) atoms. The number of nitrogens with zero attached hydrogens (tertiary/aromatic N) is 1. The SMILES string of the molecule is CCNCc1cccn1Cc1cc(C)ccc1C. The van der Waals surface area contributed by atoms with Crippen molar-refractivity contribution < 1.29 is 0 Å². The van der Waals surface area contributed by atoms with Gasteiger partial charge in [-0.25, -0.2) is 0 Å². The van der Waals surface area contributed by atoms with Gasteiger partial charge in [0.05, 0.1) is 0 Å². The zero-order chi connectivity index (χ0) is 13.0. The summed E-state index contributed by atoms with van der Waals surface area (Å²) in [6, 6.07) is 11.0. The molecule has 96 valence electrons. The smallest absolute Gasteiger partial charge is 0.0476 e. The third-order valence-corrected chi connectivity index (χ3v) is 3.32. The molecule has 0 aliphatic heterocycles. The van der Waals surface area contributed by atoms with E-state index in [1.165, 1.54) is 22.4 Å². The second-order valence-corrected chi connectivity index (χ2v) is 4.84. The van der Waals surface area contributed by atoms with Crippen molar-refractivity contribution in [1.29, 1.82) is 0 Å². The van der Waals surface area contributed by atoms with Crippen molar-refractivity contribution in [2.75, 3.05) is 6.54 Å². The van der Waals surface area contributed by atoms with Crippen molar-refractivity contribution in [2.45, 2.75) is 33.9 Å². The van der Waals surface area contributed by atoms with Crippen LogP contribution in [0.15, 0.2) is 36.5 Å². The molecule has 0 atom stereocenters. The van der Waals surface area contributed by atoms with E-state index in [0.29, 0.717) is 0 Å². The number of aryl methyl sites for hydroxylation is 2. The molecule has 1 N–H and O–H groups in total. The highest BCUT2D eigenvalue weighted by atomic mass is 15.0. The standard InChI is InChI=1S/C16H22N2/c1-4-17-11-16-6-5-9-18(16)12-15-10-13(2)7-8-14(15)3/h5-10,17H,4,11-12H2,1-3H3. The van der Waals surface area contributed by atoms with Crippen molar-refractivity contribution in [3.8, 4) is 0 Å². The zero-order valence-electron chi connectivity index (χ0n) is 11.5. The summed E-state index contributed by atoms with van der Waals surface area (Å²) in [5.41, 5.74) is 5.45. The Kier molecular flexibility index (Phi) is 4.21. The van der Waals surface area contributed by atoms with Gasteiger partial charge in [0.15, 0.2) is 0 Å². The third kappa shape index (κ3) is 3.02. The molecule has 2 nitrogen and oxygen atoms in total. The molecule has 0 spiro atoms. The van der Waals surface area contributed by atoms with Gasteiger partial charge in [0.25, 0.3) is 0 Å². The first kappa shape index (κ1) is 12.9.